The first-order valence-corrected chi connectivity index (χ1v) is 13.0. The molecule has 0 aliphatic heterocycles. The highest BCUT2D eigenvalue weighted by Gasteiger charge is 2.30. The Morgan fingerprint density at radius 3 is 1.79 bits per heavy atom. The molecule has 0 unspecified atom stereocenters. The van der Waals surface area contributed by atoms with Crippen LogP contribution < -0.4 is 4.74 Å². The van der Waals surface area contributed by atoms with E-state index in [4.69, 9.17) is 4.74 Å². The van der Waals surface area contributed by atoms with E-state index in [0.29, 0.717) is 12.2 Å². The van der Waals surface area contributed by atoms with Gasteiger partial charge in [0.25, 0.3) is 0 Å². The third kappa shape index (κ3) is 11.6. The van der Waals surface area contributed by atoms with Gasteiger partial charge in [-0.15, -0.1) is 0 Å². The molecule has 0 saturated heterocycles. The predicted octanol–water partition coefficient (Wildman–Crippen LogP) is 9.16. The number of hydrogen-bond acceptors (Lipinski definition) is 3. The van der Waals surface area contributed by atoms with Crippen molar-refractivity contribution in [3.63, 3.8) is 0 Å². The number of unbranched alkanes of at least 4 members (excludes halogenated alkanes) is 11. The van der Waals surface area contributed by atoms with Gasteiger partial charge < -0.3 is 4.74 Å². The van der Waals surface area contributed by atoms with E-state index in [1.807, 2.05) is 12.4 Å². The lowest BCUT2D eigenvalue weighted by atomic mass is 10.1. The molecule has 1 aromatic heterocycles. The van der Waals surface area contributed by atoms with Crippen LogP contribution in [-0.4, -0.2) is 16.1 Å². The second-order valence-corrected chi connectivity index (χ2v) is 9.07. The molecule has 2 aromatic rings. The molecule has 0 aliphatic rings. The molecule has 184 valence electrons. The van der Waals surface area contributed by atoms with Gasteiger partial charge in [0.2, 0.25) is 0 Å². The van der Waals surface area contributed by atoms with Crippen LogP contribution in [0.5, 0.6) is 5.75 Å². The van der Waals surface area contributed by atoms with Gasteiger partial charge in [-0.25, -0.2) is 9.97 Å². The number of aromatic nitrogens is 2. The zero-order chi connectivity index (χ0) is 23.8. The van der Waals surface area contributed by atoms with Gasteiger partial charge in [0.05, 0.1) is 6.42 Å². The van der Waals surface area contributed by atoms with Gasteiger partial charge in [-0.2, -0.15) is 8.78 Å². The number of rotatable bonds is 18. The molecule has 0 spiro atoms. The van der Waals surface area contributed by atoms with Gasteiger partial charge in [-0.3, -0.25) is 0 Å². The standard InChI is InChI=1S/C28H42F2N2O/c1-3-5-7-9-10-11-12-14-16-24-22-31-27(32-23-24)25-17-19-26(20-18-25)33-28(29,30)21-15-13-8-6-4-2/h17-20,22-23H,3-16,21H2,1-2H3. The van der Waals surface area contributed by atoms with Crippen LogP contribution in [0.4, 0.5) is 8.78 Å². The third-order valence-corrected chi connectivity index (χ3v) is 5.98. The fraction of sp³-hybridized carbons (Fsp3) is 0.643. The molecule has 2 rings (SSSR count). The summed E-state index contributed by atoms with van der Waals surface area (Å²) in [5.74, 6) is 0.771. The average Bonchev–Trinajstić information content (AvgIpc) is 2.81. The summed E-state index contributed by atoms with van der Waals surface area (Å²) in [5, 5.41) is 0. The van der Waals surface area contributed by atoms with Crippen LogP contribution in [0.25, 0.3) is 11.4 Å². The quantitative estimate of drug-likeness (QED) is 0.208. The van der Waals surface area contributed by atoms with Crippen LogP contribution in [0.15, 0.2) is 36.7 Å². The van der Waals surface area contributed by atoms with E-state index in [1.165, 1.54) is 44.9 Å². The third-order valence-electron chi connectivity index (χ3n) is 5.98. The Hall–Kier alpha value is -2.04. The molecule has 0 aliphatic carbocycles. The van der Waals surface area contributed by atoms with Crippen molar-refractivity contribution in [3.05, 3.63) is 42.2 Å². The lowest BCUT2D eigenvalue weighted by molar-refractivity contribution is -0.181. The predicted molar refractivity (Wildman–Crippen MR) is 133 cm³/mol. The Morgan fingerprint density at radius 2 is 1.21 bits per heavy atom. The van der Waals surface area contributed by atoms with E-state index >= 15 is 0 Å². The Bertz CT molecular complexity index is 747. The second kappa shape index (κ2) is 15.7. The second-order valence-electron chi connectivity index (χ2n) is 9.07. The highest BCUT2D eigenvalue weighted by Crippen LogP contribution is 2.28. The number of ether oxygens (including phenoxy) is 1. The minimum absolute atomic E-state index is 0.170. The van der Waals surface area contributed by atoms with E-state index in [9.17, 15) is 8.78 Å². The van der Waals surface area contributed by atoms with Crippen LogP contribution in [0.1, 0.15) is 109 Å². The first-order valence-electron chi connectivity index (χ1n) is 13.0. The number of nitrogens with zero attached hydrogens (tertiary/aromatic N) is 2. The van der Waals surface area contributed by atoms with Crippen LogP contribution in [0.3, 0.4) is 0 Å². The lowest BCUT2D eigenvalue weighted by Gasteiger charge is -2.18. The fourth-order valence-electron chi connectivity index (χ4n) is 3.93. The van der Waals surface area contributed by atoms with E-state index in [0.717, 1.165) is 49.7 Å². The van der Waals surface area contributed by atoms with Crippen molar-refractivity contribution in [1.29, 1.82) is 0 Å². The summed E-state index contributed by atoms with van der Waals surface area (Å²) in [7, 11) is 0. The zero-order valence-corrected chi connectivity index (χ0v) is 20.6. The Labute approximate surface area is 199 Å². The maximum Gasteiger partial charge on any atom is 0.397 e. The van der Waals surface area contributed by atoms with Crippen LogP contribution in [0, 0.1) is 0 Å². The Kier molecular flexibility index (Phi) is 13.0. The molecule has 0 bridgehead atoms. The first-order chi connectivity index (χ1) is 16.0. The largest absolute Gasteiger partial charge is 0.433 e. The van der Waals surface area contributed by atoms with Gasteiger partial charge >= 0.3 is 6.11 Å². The summed E-state index contributed by atoms with van der Waals surface area (Å²) in [6.07, 6.45) is 16.3. The minimum Gasteiger partial charge on any atom is -0.433 e. The molecule has 0 radical (unpaired) electrons. The fourth-order valence-corrected chi connectivity index (χ4v) is 3.93. The molecular formula is C28H42F2N2O. The number of benzene rings is 1. The zero-order valence-electron chi connectivity index (χ0n) is 20.6. The highest BCUT2D eigenvalue weighted by atomic mass is 19.3. The molecule has 0 saturated carbocycles. The summed E-state index contributed by atoms with van der Waals surface area (Å²) in [5.41, 5.74) is 1.94. The van der Waals surface area contributed by atoms with Crippen molar-refractivity contribution in [1.82, 2.24) is 9.97 Å². The monoisotopic (exact) mass is 460 g/mol. The smallest absolute Gasteiger partial charge is 0.397 e. The minimum atomic E-state index is -3.14. The molecule has 1 aromatic carbocycles. The number of alkyl halides is 2. The normalized spacial score (nSPS) is 11.6. The maximum atomic E-state index is 14.1. The van der Waals surface area contributed by atoms with E-state index in [2.05, 4.69) is 23.8 Å². The number of aryl methyl sites for hydroxylation is 1. The van der Waals surface area contributed by atoms with Crippen LogP contribution in [0.2, 0.25) is 0 Å². The number of halogens is 2. The maximum absolute atomic E-state index is 14.1. The SMILES string of the molecule is CCCCCCCCCCc1cnc(-c2ccc(OC(F)(F)CCCCCCC)cc2)nc1. The summed E-state index contributed by atoms with van der Waals surface area (Å²) < 4.78 is 33.1. The van der Waals surface area contributed by atoms with Crippen molar-refractivity contribution >= 4 is 0 Å². The van der Waals surface area contributed by atoms with Crippen molar-refractivity contribution in [2.24, 2.45) is 0 Å². The molecule has 0 N–H and O–H groups in total. The average molecular weight is 461 g/mol. The van der Waals surface area contributed by atoms with E-state index in [1.54, 1.807) is 24.3 Å². The van der Waals surface area contributed by atoms with Gasteiger partial charge in [0.15, 0.2) is 5.82 Å². The van der Waals surface area contributed by atoms with Gasteiger partial charge in [0.1, 0.15) is 5.75 Å². The van der Waals surface area contributed by atoms with Gasteiger partial charge in [-0.1, -0.05) is 84.5 Å². The van der Waals surface area contributed by atoms with Crippen molar-refractivity contribution in [2.45, 2.75) is 116 Å². The molecule has 1 heterocycles. The van der Waals surface area contributed by atoms with Crippen molar-refractivity contribution in [3.8, 4) is 17.1 Å². The van der Waals surface area contributed by atoms with Gasteiger partial charge in [0, 0.05) is 18.0 Å². The van der Waals surface area contributed by atoms with E-state index < -0.39 is 6.11 Å². The Balaban J connectivity index is 1.73. The lowest BCUT2D eigenvalue weighted by Crippen LogP contribution is -2.24. The molecule has 5 heteroatoms. The summed E-state index contributed by atoms with van der Waals surface area (Å²) >= 11 is 0. The van der Waals surface area contributed by atoms with Crippen molar-refractivity contribution < 1.29 is 13.5 Å². The summed E-state index contributed by atoms with van der Waals surface area (Å²) in [6, 6.07) is 6.61. The van der Waals surface area contributed by atoms with Crippen LogP contribution >= 0.6 is 0 Å². The summed E-state index contributed by atoms with van der Waals surface area (Å²) in [6.45, 7) is 4.36. The molecule has 0 amide bonds. The Morgan fingerprint density at radius 1 is 0.697 bits per heavy atom. The molecule has 0 atom stereocenters. The topological polar surface area (TPSA) is 35.0 Å². The molecular weight excluding hydrogens is 418 g/mol. The summed E-state index contributed by atoms with van der Waals surface area (Å²) in [4.78, 5) is 8.93. The van der Waals surface area contributed by atoms with Crippen molar-refractivity contribution in [2.75, 3.05) is 0 Å². The van der Waals surface area contributed by atoms with Crippen LogP contribution in [-0.2, 0) is 6.42 Å². The van der Waals surface area contributed by atoms with E-state index in [-0.39, 0.29) is 12.2 Å². The molecule has 3 nitrogen and oxygen atoms in total. The molecule has 33 heavy (non-hydrogen) atoms. The first kappa shape index (κ1) is 27.2. The van der Waals surface area contributed by atoms with Gasteiger partial charge in [-0.05, 0) is 49.1 Å². The highest BCUT2D eigenvalue weighted by molar-refractivity contribution is 5.55. The molecule has 0 fully saturated rings. The number of hydrogen-bond donors (Lipinski definition) is 0.